The predicted molar refractivity (Wildman–Crippen MR) is 134 cm³/mol. The summed E-state index contributed by atoms with van der Waals surface area (Å²) in [5, 5.41) is 25.5. The van der Waals surface area contributed by atoms with Gasteiger partial charge in [0.25, 0.3) is 0 Å². The number of alkyl carbamates (subject to hydrolysis) is 1. The van der Waals surface area contributed by atoms with E-state index in [-0.39, 0.29) is 19.1 Å². The first-order valence-corrected chi connectivity index (χ1v) is 12.1. The van der Waals surface area contributed by atoms with Crippen molar-refractivity contribution < 1.29 is 19.7 Å². The lowest BCUT2D eigenvalue weighted by molar-refractivity contribution is 0.0206. The van der Waals surface area contributed by atoms with Gasteiger partial charge in [0.1, 0.15) is 18.8 Å². The fourth-order valence-electron chi connectivity index (χ4n) is 4.43. The van der Waals surface area contributed by atoms with Crippen LogP contribution in [0.5, 0.6) is 0 Å². The van der Waals surface area contributed by atoms with Gasteiger partial charge in [-0.05, 0) is 44.8 Å². The van der Waals surface area contributed by atoms with E-state index in [0.717, 1.165) is 33.4 Å². The number of carbonyl (C=O) groups is 1. The zero-order valence-electron chi connectivity index (χ0n) is 18.4. The monoisotopic (exact) mass is 471 g/mol. The van der Waals surface area contributed by atoms with Gasteiger partial charge in [0.2, 0.25) is 0 Å². The average molecular weight is 472 g/mol. The van der Waals surface area contributed by atoms with Gasteiger partial charge in [-0.15, -0.1) is 11.3 Å². The van der Waals surface area contributed by atoms with E-state index < -0.39 is 18.3 Å². The third-order valence-corrected chi connectivity index (χ3v) is 7.19. The van der Waals surface area contributed by atoms with Gasteiger partial charge in [0.05, 0.1) is 0 Å². The number of hydrogen-bond donors (Lipinski definition) is 3. The second kappa shape index (κ2) is 9.81. The molecule has 5 rings (SSSR count). The molecule has 2 atom stereocenters. The largest absolute Gasteiger partial charge is 0.449 e. The van der Waals surface area contributed by atoms with Crippen molar-refractivity contribution in [2.75, 3.05) is 13.2 Å². The Hall–Kier alpha value is -3.45. The number of thiophene rings is 1. The molecule has 1 aromatic heterocycles. The highest BCUT2D eigenvalue weighted by atomic mass is 32.1. The molecule has 1 heterocycles. The summed E-state index contributed by atoms with van der Waals surface area (Å²) in [4.78, 5) is 13.0. The zero-order valence-corrected chi connectivity index (χ0v) is 19.2. The minimum Gasteiger partial charge on any atom is -0.449 e. The molecule has 1 amide bonds. The van der Waals surface area contributed by atoms with Crippen LogP contribution in [0.25, 0.3) is 22.3 Å². The Labute approximate surface area is 202 Å². The number of nitrogens with one attached hydrogen (secondary N) is 1. The van der Waals surface area contributed by atoms with Gasteiger partial charge in [0, 0.05) is 17.3 Å². The molecule has 2 unspecified atom stereocenters. The lowest BCUT2D eigenvalue weighted by Gasteiger charge is -2.18. The minimum atomic E-state index is -1.15. The van der Waals surface area contributed by atoms with Crippen LogP contribution in [0.4, 0.5) is 4.79 Å². The first-order chi connectivity index (χ1) is 16.6. The fraction of sp³-hybridized carbons (Fsp3) is 0.179. The highest BCUT2D eigenvalue weighted by Crippen LogP contribution is 2.44. The normalized spacial score (nSPS) is 14.2. The van der Waals surface area contributed by atoms with Crippen molar-refractivity contribution in [1.82, 2.24) is 5.32 Å². The number of amides is 1. The summed E-state index contributed by atoms with van der Waals surface area (Å²) in [7, 11) is 0. The van der Waals surface area contributed by atoms with Crippen LogP contribution in [-0.4, -0.2) is 35.6 Å². The molecule has 3 aromatic carbocycles. The number of benzene rings is 3. The van der Waals surface area contributed by atoms with Gasteiger partial charge in [-0.1, -0.05) is 78.9 Å². The number of fused-ring (bicyclic) bond motifs is 3. The minimum absolute atomic E-state index is 0.0313. The van der Waals surface area contributed by atoms with E-state index in [0.29, 0.717) is 4.88 Å². The molecule has 5 nitrogen and oxygen atoms in total. The molecular weight excluding hydrogens is 446 g/mol. The van der Waals surface area contributed by atoms with E-state index in [1.54, 1.807) is 0 Å². The van der Waals surface area contributed by atoms with Gasteiger partial charge < -0.3 is 20.3 Å². The third kappa shape index (κ3) is 4.48. The number of carbonyl (C=O) groups excluding carboxylic acids is 1. The van der Waals surface area contributed by atoms with Crippen molar-refractivity contribution >= 4 is 17.4 Å². The second-order valence-electron chi connectivity index (χ2n) is 8.32. The number of aliphatic hydroxyl groups excluding tert-OH is 2. The Bertz CT molecular complexity index is 1240. The van der Waals surface area contributed by atoms with Crippen molar-refractivity contribution in [3.05, 3.63) is 106 Å². The number of rotatable bonds is 7. The van der Waals surface area contributed by atoms with Gasteiger partial charge >= 0.3 is 6.09 Å². The summed E-state index contributed by atoms with van der Waals surface area (Å²) in [5.74, 6) is -0.0313. The van der Waals surface area contributed by atoms with E-state index in [4.69, 9.17) is 4.74 Å². The number of aliphatic hydroxyl groups is 2. The average Bonchev–Trinajstić information content (AvgIpc) is 3.50. The molecule has 0 fully saturated rings. The Morgan fingerprint density at radius 3 is 2.18 bits per heavy atom. The van der Waals surface area contributed by atoms with Crippen LogP contribution < -0.4 is 5.32 Å². The van der Waals surface area contributed by atoms with Gasteiger partial charge in [0.15, 0.2) is 0 Å². The summed E-state index contributed by atoms with van der Waals surface area (Å²) in [6.45, 7) is 0.0836. The molecule has 0 saturated heterocycles. The van der Waals surface area contributed by atoms with E-state index in [1.807, 2.05) is 66.0 Å². The van der Waals surface area contributed by atoms with Crippen molar-refractivity contribution in [2.24, 2.45) is 0 Å². The predicted octanol–water partition coefficient (Wildman–Crippen LogP) is 5.35. The molecule has 3 N–H and O–H groups in total. The van der Waals surface area contributed by atoms with Crippen LogP contribution in [0.1, 0.15) is 28.0 Å². The van der Waals surface area contributed by atoms with Gasteiger partial charge in [-0.25, -0.2) is 4.79 Å². The first-order valence-electron chi connectivity index (χ1n) is 11.2. The quantitative estimate of drug-likeness (QED) is 0.340. The zero-order chi connectivity index (χ0) is 23.5. The van der Waals surface area contributed by atoms with Gasteiger partial charge in [-0.3, -0.25) is 0 Å². The maximum Gasteiger partial charge on any atom is 0.407 e. The third-order valence-electron chi connectivity index (χ3n) is 6.18. The molecule has 4 aromatic rings. The molecule has 0 spiro atoms. The molecule has 0 bridgehead atoms. The SMILES string of the molecule is O=C(NCC(O)C(O)c1cc(-c2ccccc2)cs1)OCC1c2ccccc2-c2ccccc21. The van der Waals surface area contributed by atoms with Crippen molar-refractivity contribution in [2.45, 2.75) is 18.1 Å². The van der Waals surface area contributed by atoms with Gasteiger partial charge in [-0.2, -0.15) is 0 Å². The van der Waals surface area contributed by atoms with Crippen molar-refractivity contribution in [3.8, 4) is 22.3 Å². The number of ether oxygens (including phenoxy) is 1. The second-order valence-corrected chi connectivity index (χ2v) is 9.27. The van der Waals surface area contributed by atoms with Crippen LogP contribution in [0.3, 0.4) is 0 Å². The van der Waals surface area contributed by atoms with Crippen LogP contribution in [0.2, 0.25) is 0 Å². The maximum atomic E-state index is 12.4. The maximum absolute atomic E-state index is 12.4. The van der Waals surface area contributed by atoms with E-state index in [9.17, 15) is 15.0 Å². The standard InChI is InChI=1S/C28H25NO4S/c30-25(27(31)26-14-19(17-34-26)18-8-2-1-3-9-18)15-29-28(32)33-16-24-22-12-6-4-10-20(22)21-11-5-7-13-23(21)24/h1-14,17,24-25,27,30-31H,15-16H2,(H,29,32). The Morgan fingerprint density at radius 1 is 0.882 bits per heavy atom. The molecule has 172 valence electrons. The van der Waals surface area contributed by atoms with Crippen LogP contribution >= 0.6 is 11.3 Å². The summed E-state index contributed by atoms with van der Waals surface area (Å²) < 4.78 is 5.50. The lowest BCUT2D eigenvalue weighted by atomic mass is 9.98. The van der Waals surface area contributed by atoms with Crippen LogP contribution in [0, 0.1) is 0 Å². The molecule has 1 aliphatic carbocycles. The van der Waals surface area contributed by atoms with E-state index in [1.165, 1.54) is 11.3 Å². The molecule has 0 radical (unpaired) electrons. The molecule has 34 heavy (non-hydrogen) atoms. The molecule has 0 aliphatic heterocycles. The van der Waals surface area contributed by atoms with E-state index in [2.05, 4.69) is 29.6 Å². The summed E-state index contributed by atoms with van der Waals surface area (Å²) in [5.41, 5.74) is 6.63. The highest BCUT2D eigenvalue weighted by molar-refractivity contribution is 7.10. The lowest BCUT2D eigenvalue weighted by Crippen LogP contribution is -2.36. The summed E-state index contributed by atoms with van der Waals surface area (Å²) in [6.07, 6.45) is -2.87. The Kier molecular flexibility index (Phi) is 6.45. The van der Waals surface area contributed by atoms with Crippen molar-refractivity contribution in [3.63, 3.8) is 0 Å². The molecular formula is C28H25NO4S. The smallest absolute Gasteiger partial charge is 0.407 e. The Balaban J connectivity index is 1.16. The molecule has 1 aliphatic rings. The highest BCUT2D eigenvalue weighted by Gasteiger charge is 2.29. The summed E-state index contributed by atoms with van der Waals surface area (Å²) >= 11 is 1.38. The molecule has 6 heteroatoms. The van der Waals surface area contributed by atoms with Crippen LogP contribution in [-0.2, 0) is 4.74 Å². The van der Waals surface area contributed by atoms with Crippen LogP contribution in [0.15, 0.2) is 90.3 Å². The van der Waals surface area contributed by atoms with Crippen molar-refractivity contribution in [1.29, 1.82) is 0 Å². The summed E-state index contributed by atoms with van der Waals surface area (Å²) in [6, 6.07) is 28.0. The number of hydrogen-bond acceptors (Lipinski definition) is 5. The Morgan fingerprint density at radius 2 is 1.50 bits per heavy atom. The molecule has 0 saturated carbocycles. The fourth-order valence-corrected chi connectivity index (χ4v) is 5.39. The van der Waals surface area contributed by atoms with E-state index >= 15 is 0 Å². The first kappa shape index (κ1) is 22.3. The topological polar surface area (TPSA) is 78.8 Å².